The van der Waals surface area contributed by atoms with Gasteiger partial charge in [0.05, 0.1) is 8.66 Å². The first kappa shape index (κ1) is 14.7. The van der Waals surface area contributed by atoms with Gasteiger partial charge in [-0.1, -0.05) is 13.8 Å². The van der Waals surface area contributed by atoms with E-state index in [4.69, 9.17) is 5.11 Å². The Bertz CT molecular complexity index is 382. The normalized spacial score (nSPS) is 11.6. The minimum absolute atomic E-state index is 0.0465. The number of aryl methyl sites for hydroxylation is 1. The monoisotopic (exact) mass is 319 g/mol. The minimum Gasteiger partial charge on any atom is -0.396 e. The standard InChI is InChI=1S/C12H18BrNO2S/c1-8-6-9(17-10(8)13)11(16)14-7-12(2,3)4-5-15/h6,15H,4-5,7H2,1-3H3,(H,14,16). The van der Waals surface area contributed by atoms with Crippen LogP contribution in [0.25, 0.3) is 0 Å². The summed E-state index contributed by atoms with van der Waals surface area (Å²) in [5, 5.41) is 11.8. The molecule has 0 atom stereocenters. The maximum Gasteiger partial charge on any atom is 0.261 e. The number of carbonyl (C=O) groups is 1. The molecule has 0 aliphatic carbocycles. The lowest BCUT2D eigenvalue weighted by molar-refractivity contribution is 0.0932. The molecule has 96 valence electrons. The predicted molar refractivity (Wildman–Crippen MR) is 74.6 cm³/mol. The highest BCUT2D eigenvalue weighted by atomic mass is 79.9. The second-order valence-corrected chi connectivity index (χ2v) is 7.26. The number of rotatable bonds is 5. The summed E-state index contributed by atoms with van der Waals surface area (Å²) >= 11 is 4.85. The van der Waals surface area contributed by atoms with Crippen molar-refractivity contribution in [3.05, 3.63) is 20.3 Å². The SMILES string of the molecule is Cc1cc(C(=O)NCC(C)(C)CCO)sc1Br. The van der Waals surface area contributed by atoms with Gasteiger partial charge in [0.2, 0.25) is 0 Å². The van der Waals surface area contributed by atoms with Gasteiger partial charge >= 0.3 is 0 Å². The quantitative estimate of drug-likeness (QED) is 0.876. The highest BCUT2D eigenvalue weighted by molar-refractivity contribution is 9.11. The third kappa shape index (κ3) is 4.41. The van der Waals surface area contributed by atoms with Crippen molar-refractivity contribution in [3.63, 3.8) is 0 Å². The maximum absolute atomic E-state index is 11.9. The molecule has 0 radical (unpaired) electrons. The van der Waals surface area contributed by atoms with Gasteiger partial charge in [-0.2, -0.15) is 0 Å². The third-order valence-electron chi connectivity index (χ3n) is 2.60. The van der Waals surface area contributed by atoms with Crippen LogP contribution in [-0.2, 0) is 0 Å². The smallest absolute Gasteiger partial charge is 0.261 e. The molecule has 0 fully saturated rings. The Balaban J connectivity index is 2.56. The Hall–Kier alpha value is -0.390. The molecule has 0 aliphatic heterocycles. The lowest BCUT2D eigenvalue weighted by atomic mass is 9.90. The molecule has 2 N–H and O–H groups in total. The van der Waals surface area contributed by atoms with Gasteiger partial charge in [0.15, 0.2) is 0 Å². The Kier molecular flexibility index (Phi) is 5.16. The average molecular weight is 320 g/mol. The van der Waals surface area contributed by atoms with Crippen LogP contribution in [0.1, 0.15) is 35.5 Å². The zero-order chi connectivity index (χ0) is 13.1. The number of aliphatic hydroxyl groups is 1. The van der Waals surface area contributed by atoms with E-state index in [1.807, 2.05) is 26.8 Å². The number of amides is 1. The first-order valence-electron chi connectivity index (χ1n) is 5.51. The van der Waals surface area contributed by atoms with Crippen LogP contribution in [0.3, 0.4) is 0 Å². The second kappa shape index (κ2) is 5.98. The molecule has 3 nitrogen and oxygen atoms in total. The Morgan fingerprint density at radius 3 is 2.71 bits per heavy atom. The fourth-order valence-corrected chi connectivity index (χ4v) is 2.82. The van der Waals surface area contributed by atoms with Gasteiger partial charge in [-0.25, -0.2) is 0 Å². The van der Waals surface area contributed by atoms with Crippen LogP contribution in [0.4, 0.5) is 0 Å². The summed E-state index contributed by atoms with van der Waals surface area (Å²) in [5.74, 6) is -0.0465. The minimum atomic E-state index is -0.0755. The van der Waals surface area contributed by atoms with Crippen molar-refractivity contribution in [2.75, 3.05) is 13.2 Å². The molecule has 1 heterocycles. The molecule has 0 aliphatic rings. The van der Waals surface area contributed by atoms with Crippen LogP contribution < -0.4 is 5.32 Å². The van der Waals surface area contributed by atoms with Gasteiger partial charge < -0.3 is 10.4 Å². The molecular formula is C12H18BrNO2S. The summed E-state index contributed by atoms with van der Waals surface area (Å²) in [5.41, 5.74) is 1.00. The lowest BCUT2D eigenvalue weighted by Gasteiger charge is -2.23. The number of hydrogen-bond acceptors (Lipinski definition) is 3. The van der Waals surface area contributed by atoms with E-state index < -0.39 is 0 Å². The van der Waals surface area contributed by atoms with Crippen LogP contribution in [-0.4, -0.2) is 24.2 Å². The topological polar surface area (TPSA) is 49.3 Å². The molecule has 17 heavy (non-hydrogen) atoms. The number of aliphatic hydroxyl groups excluding tert-OH is 1. The van der Waals surface area contributed by atoms with Crippen molar-refractivity contribution in [2.45, 2.75) is 27.2 Å². The molecule has 1 amide bonds. The van der Waals surface area contributed by atoms with E-state index in [1.54, 1.807) is 0 Å². The van der Waals surface area contributed by atoms with Crippen molar-refractivity contribution in [3.8, 4) is 0 Å². The van der Waals surface area contributed by atoms with E-state index in [9.17, 15) is 4.79 Å². The van der Waals surface area contributed by atoms with E-state index in [0.717, 1.165) is 9.35 Å². The van der Waals surface area contributed by atoms with E-state index in [0.29, 0.717) is 17.8 Å². The Morgan fingerprint density at radius 2 is 2.24 bits per heavy atom. The lowest BCUT2D eigenvalue weighted by Crippen LogP contribution is -2.34. The summed E-state index contributed by atoms with van der Waals surface area (Å²) in [6.07, 6.45) is 0.681. The zero-order valence-electron chi connectivity index (χ0n) is 10.3. The molecule has 5 heteroatoms. The molecule has 1 aromatic heterocycles. The fourth-order valence-electron chi connectivity index (χ4n) is 1.37. The molecule has 0 saturated heterocycles. The molecule has 1 aromatic rings. The molecule has 0 bridgehead atoms. The fraction of sp³-hybridized carbons (Fsp3) is 0.583. The average Bonchev–Trinajstić information content (AvgIpc) is 2.56. The first-order valence-corrected chi connectivity index (χ1v) is 7.12. The first-order chi connectivity index (χ1) is 7.85. The number of carbonyl (C=O) groups excluding carboxylic acids is 1. The highest BCUT2D eigenvalue weighted by Gasteiger charge is 2.19. The van der Waals surface area contributed by atoms with Crippen LogP contribution in [0, 0.1) is 12.3 Å². The van der Waals surface area contributed by atoms with Crippen LogP contribution in [0.5, 0.6) is 0 Å². The van der Waals surface area contributed by atoms with E-state index in [-0.39, 0.29) is 17.9 Å². The molecule has 0 spiro atoms. The molecule has 0 unspecified atom stereocenters. The summed E-state index contributed by atoms with van der Waals surface area (Å²) in [7, 11) is 0. The number of hydrogen-bond donors (Lipinski definition) is 2. The summed E-state index contributed by atoms with van der Waals surface area (Å²) < 4.78 is 0.997. The van der Waals surface area contributed by atoms with Crippen molar-refractivity contribution in [1.82, 2.24) is 5.32 Å². The van der Waals surface area contributed by atoms with Gasteiger partial charge in [-0.15, -0.1) is 11.3 Å². The molecule has 0 aromatic carbocycles. The number of nitrogens with one attached hydrogen (secondary N) is 1. The van der Waals surface area contributed by atoms with E-state index >= 15 is 0 Å². The van der Waals surface area contributed by atoms with Gasteiger partial charge in [-0.3, -0.25) is 4.79 Å². The van der Waals surface area contributed by atoms with E-state index in [2.05, 4.69) is 21.2 Å². The molecule has 1 rings (SSSR count). The summed E-state index contributed by atoms with van der Waals surface area (Å²) in [6.45, 7) is 6.73. The van der Waals surface area contributed by atoms with Crippen molar-refractivity contribution in [1.29, 1.82) is 0 Å². The zero-order valence-corrected chi connectivity index (χ0v) is 12.7. The second-order valence-electron chi connectivity index (χ2n) is 4.89. The number of halogens is 1. The van der Waals surface area contributed by atoms with Gasteiger partial charge in [0.1, 0.15) is 0 Å². The Morgan fingerprint density at radius 1 is 1.59 bits per heavy atom. The molecule has 0 saturated carbocycles. The van der Waals surface area contributed by atoms with Crippen molar-refractivity contribution < 1.29 is 9.90 Å². The highest BCUT2D eigenvalue weighted by Crippen LogP contribution is 2.27. The molecular weight excluding hydrogens is 302 g/mol. The van der Waals surface area contributed by atoms with Crippen molar-refractivity contribution in [2.24, 2.45) is 5.41 Å². The van der Waals surface area contributed by atoms with Crippen LogP contribution >= 0.6 is 27.3 Å². The van der Waals surface area contributed by atoms with Gasteiger partial charge in [0.25, 0.3) is 5.91 Å². The summed E-state index contributed by atoms with van der Waals surface area (Å²) in [4.78, 5) is 12.6. The predicted octanol–water partition coefficient (Wildman–Crippen LogP) is 2.96. The van der Waals surface area contributed by atoms with Gasteiger partial charge in [-0.05, 0) is 46.3 Å². The Labute approximate surface area is 114 Å². The van der Waals surface area contributed by atoms with Crippen LogP contribution in [0.2, 0.25) is 0 Å². The third-order valence-corrected chi connectivity index (χ3v) is 4.73. The van der Waals surface area contributed by atoms with Gasteiger partial charge in [0, 0.05) is 13.2 Å². The number of thiophene rings is 1. The van der Waals surface area contributed by atoms with E-state index in [1.165, 1.54) is 11.3 Å². The maximum atomic E-state index is 11.9. The largest absolute Gasteiger partial charge is 0.396 e. The summed E-state index contributed by atoms with van der Waals surface area (Å²) in [6, 6.07) is 1.88. The van der Waals surface area contributed by atoms with Crippen molar-refractivity contribution >= 4 is 33.2 Å². The van der Waals surface area contributed by atoms with Crippen LogP contribution in [0.15, 0.2) is 9.85 Å².